The first-order chi connectivity index (χ1) is 17.8. The molecular weight excluding hydrogens is 517 g/mol. The maximum atomic E-state index is 12.2. The number of hydrogen-bond acceptors (Lipinski definition) is 4. The minimum Gasteiger partial charge on any atom is -0.413 e. The molecule has 1 aliphatic heterocycles. The lowest BCUT2D eigenvalue weighted by molar-refractivity contribution is 0.00966. The highest BCUT2D eigenvalue weighted by Gasteiger charge is 2.72. The molecule has 2 aliphatic rings. The maximum Gasteiger partial charge on any atom is 0.200 e. The maximum absolute atomic E-state index is 12.2. The average molecular weight is 575 g/mol. The molecule has 0 radical (unpaired) electrons. The van der Waals surface area contributed by atoms with Crippen molar-refractivity contribution in [3.63, 3.8) is 0 Å². The van der Waals surface area contributed by atoms with Gasteiger partial charge in [-0.3, -0.25) is 0 Å². The number of rotatable bonds is 11. The second-order valence-electron chi connectivity index (χ2n) is 15.2. The number of hydrogen-bond donors (Lipinski definition) is 1. The van der Waals surface area contributed by atoms with Gasteiger partial charge in [0.15, 0.2) is 8.32 Å². The molecule has 3 atom stereocenters. The number of aliphatic hydroxyl groups excluding tert-OH is 1. The Bertz CT molecular complexity index is 1030. The highest BCUT2D eigenvalue weighted by atomic mass is 28.4. The third-order valence-corrected chi connectivity index (χ3v) is 21.4. The predicted molar refractivity (Wildman–Crippen MR) is 169 cm³/mol. The Balaban J connectivity index is 1.93. The zero-order chi connectivity index (χ0) is 29.8. The van der Waals surface area contributed by atoms with E-state index in [1.54, 1.807) is 0 Å². The van der Waals surface area contributed by atoms with Crippen molar-refractivity contribution in [3.05, 3.63) is 46.5 Å². The van der Waals surface area contributed by atoms with Crippen LogP contribution in [0.5, 0.6) is 0 Å². The van der Waals surface area contributed by atoms with Gasteiger partial charge in [-0.25, -0.2) is 0 Å². The van der Waals surface area contributed by atoms with Crippen LogP contribution in [0.4, 0.5) is 0 Å². The molecule has 1 heterocycles. The van der Waals surface area contributed by atoms with Crippen molar-refractivity contribution in [3.8, 4) is 0 Å². The van der Waals surface area contributed by atoms with Crippen LogP contribution in [0, 0.1) is 5.41 Å². The molecule has 1 aromatic carbocycles. The van der Waals surface area contributed by atoms with E-state index in [0.717, 1.165) is 17.5 Å². The number of fused-ring (bicyclic) bond motifs is 1. The summed E-state index contributed by atoms with van der Waals surface area (Å²) in [6.45, 7) is 33.3. The summed E-state index contributed by atoms with van der Waals surface area (Å²) in [6, 6.07) is 8.31. The fourth-order valence-electron chi connectivity index (χ4n) is 7.34. The number of epoxide rings is 1. The van der Waals surface area contributed by atoms with E-state index < -0.39 is 28.3 Å². The van der Waals surface area contributed by atoms with E-state index in [0.29, 0.717) is 29.8 Å². The minimum absolute atomic E-state index is 0.0172. The van der Waals surface area contributed by atoms with Crippen LogP contribution < -0.4 is 0 Å². The van der Waals surface area contributed by atoms with Crippen molar-refractivity contribution in [1.29, 1.82) is 0 Å². The molecular formula is C33H58O4Si2. The molecule has 1 N–H and O–H groups in total. The highest BCUT2D eigenvalue weighted by molar-refractivity contribution is 6.77. The second kappa shape index (κ2) is 11.1. The Morgan fingerprint density at radius 1 is 0.949 bits per heavy atom. The van der Waals surface area contributed by atoms with Gasteiger partial charge in [0.25, 0.3) is 0 Å². The SMILES string of the molecule is CC1=C(CO[Si](C)(C)C(C)(C)C)C(C)(C)[C@@]2([C@@H](O)c3ccccc3CO[Si](C(C)C)(C(C)C)C(C)C)O[C@H]2C1. The summed E-state index contributed by atoms with van der Waals surface area (Å²) >= 11 is 0. The van der Waals surface area contributed by atoms with Crippen LogP contribution in [-0.4, -0.2) is 40.1 Å². The zero-order valence-corrected chi connectivity index (χ0v) is 29.5. The van der Waals surface area contributed by atoms with Crippen molar-refractivity contribution >= 4 is 16.6 Å². The lowest BCUT2D eigenvalue weighted by Crippen LogP contribution is -2.48. The molecule has 1 fully saturated rings. The third-order valence-electron chi connectivity index (χ3n) is 10.8. The summed E-state index contributed by atoms with van der Waals surface area (Å²) in [5.41, 5.74) is 5.18. The molecule has 0 amide bonds. The predicted octanol–water partition coefficient (Wildman–Crippen LogP) is 9.32. The van der Waals surface area contributed by atoms with Crippen LogP contribution in [0.15, 0.2) is 35.4 Å². The number of benzene rings is 1. The molecule has 1 saturated heterocycles. The van der Waals surface area contributed by atoms with Gasteiger partial charge in [-0.05, 0) is 64.8 Å². The zero-order valence-electron chi connectivity index (χ0n) is 27.5. The van der Waals surface area contributed by atoms with Crippen molar-refractivity contribution in [2.45, 2.75) is 149 Å². The second-order valence-corrected chi connectivity index (χ2v) is 25.5. The Hall–Kier alpha value is -0.766. The van der Waals surface area contributed by atoms with Crippen molar-refractivity contribution in [2.75, 3.05) is 6.61 Å². The molecule has 1 aromatic rings. The lowest BCUT2D eigenvalue weighted by Gasteiger charge is -2.44. The highest BCUT2D eigenvalue weighted by Crippen LogP contribution is 2.65. The molecule has 0 unspecified atom stereocenters. The third kappa shape index (κ3) is 5.55. The van der Waals surface area contributed by atoms with E-state index in [9.17, 15) is 5.11 Å². The van der Waals surface area contributed by atoms with Crippen LogP contribution in [0.2, 0.25) is 34.8 Å². The summed E-state index contributed by atoms with van der Waals surface area (Å²) in [5.74, 6) is 0. The quantitative estimate of drug-likeness (QED) is 0.162. The molecule has 39 heavy (non-hydrogen) atoms. The van der Waals surface area contributed by atoms with Crippen LogP contribution >= 0.6 is 0 Å². The smallest absolute Gasteiger partial charge is 0.200 e. The standard InChI is InChI=1S/C33H58O4Si2/c1-22(2)39(23(3)4,24(5)6)36-20-26-17-15-16-18-27(26)30(34)33-29(37-33)19-25(7)28(32(33,11)12)21-35-38(13,14)31(8,9)10/h15-18,22-24,29-30,34H,19-21H2,1-14H3/t29-,30-,33+/m0/s1. The summed E-state index contributed by atoms with van der Waals surface area (Å²) in [4.78, 5) is 0. The fourth-order valence-corrected chi connectivity index (χ4v) is 13.7. The minimum atomic E-state index is -2.04. The summed E-state index contributed by atoms with van der Waals surface area (Å²) < 4.78 is 20.3. The summed E-state index contributed by atoms with van der Waals surface area (Å²) in [6.07, 6.45) is 0.129. The van der Waals surface area contributed by atoms with Crippen LogP contribution in [0.25, 0.3) is 0 Å². The Kier molecular flexibility index (Phi) is 9.36. The van der Waals surface area contributed by atoms with Crippen molar-refractivity contribution in [1.82, 2.24) is 0 Å². The largest absolute Gasteiger partial charge is 0.413 e. The Labute approximate surface area is 242 Å². The first kappa shape index (κ1) is 32.7. The van der Waals surface area contributed by atoms with Crippen molar-refractivity contribution in [2.24, 2.45) is 5.41 Å². The molecule has 1 aliphatic carbocycles. The van der Waals surface area contributed by atoms with E-state index in [1.165, 1.54) is 11.1 Å². The van der Waals surface area contributed by atoms with Gasteiger partial charge in [0.05, 0.1) is 19.3 Å². The van der Waals surface area contributed by atoms with E-state index >= 15 is 0 Å². The topological polar surface area (TPSA) is 51.2 Å². The number of ether oxygens (including phenoxy) is 1. The molecule has 222 valence electrons. The molecule has 0 saturated carbocycles. The van der Waals surface area contributed by atoms with Crippen LogP contribution in [0.3, 0.4) is 0 Å². The Morgan fingerprint density at radius 3 is 2.00 bits per heavy atom. The molecule has 0 spiro atoms. The monoisotopic (exact) mass is 574 g/mol. The Morgan fingerprint density at radius 2 is 1.49 bits per heavy atom. The normalized spacial score (nSPS) is 24.5. The van der Waals surface area contributed by atoms with Gasteiger partial charge >= 0.3 is 0 Å². The summed E-state index contributed by atoms with van der Waals surface area (Å²) in [7, 11) is -3.96. The van der Waals surface area contributed by atoms with E-state index in [-0.39, 0.29) is 16.6 Å². The van der Waals surface area contributed by atoms with Gasteiger partial charge < -0.3 is 18.7 Å². The van der Waals surface area contributed by atoms with E-state index in [4.69, 9.17) is 13.6 Å². The molecule has 4 nitrogen and oxygen atoms in total. The van der Waals surface area contributed by atoms with Gasteiger partial charge in [-0.15, -0.1) is 0 Å². The van der Waals surface area contributed by atoms with Gasteiger partial charge in [0.1, 0.15) is 11.7 Å². The lowest BCUT2D eigenvalue weighted by atomic mass is 9.62. The van der Waals surface area contributed by atoms with Gasteiger partial charge in [-0.1, -0.05) is 106 Å². The first-order valence-corrected chi connectivity index (χ1v) is 20.2. The van der Waals surface area contributed by atoms with Crippen LogP contribution in [-0.2, 0) is 20.2 Å². The van der Waals surface area contributed by atoms with Gasteiger partial charge in [-0.2, -0.15) is 0 Å². The molecule has 0 aromatic heterocycles. The fraction of sp³-hybridized carbons (Fsp3) is 0.758. The first-order valence-electron chi connectivity index (χ1n) is 15.2. The van der Waals surface area contributed by atoms with E-state index in [1.807, 2.05) is 6.07 Å². The van der Waals surface area contributed by atoms with Gasteiger partial charge in [0.2, 0.25) is 8.32 Å². The molecule has 3 rings (SSSR count). The van der Waals surface area contributed by atoms with Crippen molar-refractivity contribution < 1.29 is 18.7 Å². The van der Waals surface area contributed by atoms with E-state index in [2.05, 4.69) is 114 Å². The molecule has 6 heteroatoms. The average Bonchev–Trinajstić information content (AvgIpc) is 3.53. The summed E-state index contributed by atoms with van der Waals surface area (Å²) in [5, 5.41) is 12.3. The number of aliphatic hydroxyl groups is 1. The van der Waals surface area contributed by atoms with Crippen LogP contribution in [0.1, 0.15) is 107 Å². The molecule has 0 bridgehead atoms. The van der Waals surface area contributed by atoms with Gasteiger partial charge in [0, 0.05) is 5.41 Å².